The van der Waals surface area contributed by atoms with Gasteiger partial charge >= 0.3 is 0 Å². The van der Waals surface area contributed by atoms with E-state index in [0.29, 0.717) is 14.9 Å². The number of hydrogen-bond donors (Lipinski definition) is 1. The van der Waals surface area contributed by atoms with Crippen molar-refractivity contribution in [1.29, 1.82) is 0 Å². The van der Waals surface area contributed by atoms with E-state index in [0.717, 1.165) is 4.70 Å². The van der Waals surface area contributed by atoms with Crippen molar-refractivity contribution in [1.82, 2.24) is 0 Å². The van der Waals surface area contributed by atoms with Crippen molar-refractivity contribution in [3.8, 4) is 0 Å². The molecular formula is C9H6BrF2NS. The van der Waals surface area contributed by atoms with Gasteiger partial charge in [-0.3, -0.25) is 0 Å². The van der Waals surface area contributed by atoms with Crippen molar-refractivity contribution >= 4 is 42.4 Å². The van der Waals surface area contributed by atoms with Crippen LogP contribution in [0, 0.1) is 0 Å². The van der Waals surface area contributed by atoms with Crippen molar-refractivity contribution in [2.24, 2.45) is 0 Å². The predicted molar refractivity (Wildman–Crippen MR) is 58.9 cm³/mol. The predicted octanol–water partition coefficient (Wildman–Crippen LogP) is 4.18. The molecule has 0 fully saturated rings. The minimum Gasteiger partial charge on any atom is -0.390 e. The molecule has 2 N–H and O–H groups in total. The van der Waals surface area contributed by atoms with Gasteiger partial charge in [0.15, 0.2) is 0 Å². The van der Waals surface area contributed by atoms with E-state index in [4.69, 9.17) is 5.73 Å². The molecule has 0 atom stereocenters. The highest BCUT2D eigenvalue weighted by Gasteiger charge is 2.16. The minimum absolute atomic E-state index is 0.0299. The van der Waals surface area contributed by atoms with Gasteiger partial charge in [-0.05, 0) is 22.0 Å². The summed E-state index contributed by atoms with van der Waals surface area (Å²) in [6, 6.07) is 4.82. The Morgan fingerprint density at radius 3 is 2.71 bits per heavy atom. The Morgan fingerprint density at radius 2 is 2.07 bits per heavy atom. The summed E-state index contributed by atoms with van der Waals surface area (Å²) in [5, 5.41) is 1.07. The Labute approximate surface area is 91.7 Å². The highest BCUT2D eigenvalue weighted by molar-refractivity contribution is 9.10. The lowest BCUT2D eigenvalue weighted by molar-refractivity contribution is 0.153. The second-order valence-corrected chi connectivity index (χ2v) is 4.68. The fourth-order valence-electron chi connectivity index (χ4n) is 1.34. The van der Waals surface area contributed by atoms with E-state index in [1.165, 1.54) is 17.4 Å². The monoisotopic (exact) mass is 277 g/mol. The van der Waals surface area contributed by atoms with Gasteiger partial charge in [-0.25, -0.2) is 8.78 Å². The van der Waals surface area contributed by atoms with Crippen LogP contribution in [0.15, 0.2) is 22.7 Å². The number of benzene rings is 1. The molecule has 0 saturated heterocycles. The molecule has 1 heterocycles. The van der Waals surface area contributed by atoms with Crippen LogP contribution in [0.4, 0.5) is 13.8 Å². The molecule has 2 rings (SSSR count). The van der Waals surface area contributed by atoms with Gasteiger partial charge in [0.05, 0.1) is 4.47 Å². The van der Waals surface area contributed by atoms with Crippen molar-refractivity contribution in [3.63, 3.8) is 0 Å². The zero-order valence-corrected chi connectivity index (χ0v) is 9.33. The van der Waals surface area contributed by atoms with Gasteiger partial charge in [-0.2, -0.15) is 0 Å². The molecular weight excluding hydrogens is 272 g/mol. The standard InChI is InChI=1S/C9H6BrF2NS/c10-7-6-4(8(11)12)2-1-3-5(6)14-9(7)13/h1-3,8H,13H2. The van der Waals surface area contributed by atoms with Gasteiger partial charge in [-0.15, -0.1) is 11.3 Å². The largest absolute Gasteiger partial charge is 0.390 e. The molecule has 74 valence electrons. The zero-order chi connectivity index (χ0) is 10.3. The summed E-state index contributed by atoms with van der Waals surface area (Å²) in [5.41, 5.74) is 5.68. The van der Waals surface area contributed by atoms with E-state index < -0.39 is 6.43 Å². The summed E-state index contributed by atoms with van der Waals surface area (Å²) in [6.07, 6.45) is -2.47. The molecule has 0 aliphatic rings. The minimum atomic E-state index is -2.47. The number of halogens is 3. The Kier molecular flexibility index (Phi) is 2.45. The Hall–Kier alpha value is -0.680. The number of hydrogen-bond acceptors (Lipinski definition) is 2. The van der Waals surface area contributed by atoms with Crippen LogP contribution in [-0.2, 0) is 0 Å². The van der Waals surface area contributed by atoms with Gasteiger partial charge in [-0.1, -0.05) is 12.1 Å². The number of rotatable bonds is 1. The molecule has 1 aromatic carbocycles. The lowest BCUT2D eigenvalue weighted by atomic mass is 10.1. The lowest BCUT2D eigenvalue weighted by Crippen LogP contribution is -1.85. The summed E-state index contributed by atoms with van der Waals surface area (Å²) < 4.78 is 26.6. The van der Waals surface area contributed by atoms with Crippen LogP contribution >= 0.6 is 27.3 Å². The maximum Gasteiger partial charge on any atom is 0.264 e. The Balaban J connectivity index is 2.84. The maximum absolute atomic E-state index is 12.6. The first-order valence-electron chi connectivity index (χ1n) is 3.86. The molecule has 2 aromatic rings. The Morgan fingerprint density at radius 1 is 1.36 bits per heavy atom. The number of fused-ring (bicyclic) bond motifs is 1. The van der Waals surface area contributed by atoms with Gasteiger partial charge in [0, 0.05) is 15.6 Å². The van der Waals surface area contributed by atoms with Crippen LogP contribution in [0.25, 0.3) is 10.1 Å². The van der Waals surface area contributed by atoms with E-state index in [2.05, 4.69) is 15.9 Å². The summed E-state index contributed by atoms with van der Waals surface area (Å²) in [4.78, 5) is 0. The van der Waals surface area contributed by atoms with Gasteiger partial charge < -0.3 is 5.73 Å². The average molecular weight is 278 g/mol. The third-order valence-electron chi connectivity index (χ3n) is 1.95. The van der Waals surface area contributed by atoms with Crippen LogP contribution in [0.5, 0.6) is 0 Å². The SMILES string of the molecule is Nc1sc2cccc(C(F)F)c2c1Br. The fourth-order valence-corrected chi connectivity index (χ4v) is 3.05. The molecule has 0 bridgehead atoms. The fraction of sp³-hybridized carbons (Fsp3) is 0.111. The first kappa shape index (κ1) is 9.86. The van der Waals surface area contributed by atoms with Gasteiger partial charge in [0.2, 0.25) is 0 Å². The summed E-state index contributed by atoms with van der Waals surface area (Å²) in [7, 11) is 0. The van der Waals surface area contributed by atoms with Crippen molar-refractivity contribution in [3.05, 3.63) is 28.2 Å². The quantitative estimate of drug-likeness (QED) is 0.831. The average Bonchev–Trinajstić information content (AvgIpc) is 2.43. The molecule has 0 amide bonds. The number of nitrogens with two attached hydrogens (primary N) is 1. The van der Waals surface area contributed by atoms with Crippen LogP contribution in [0.1, 0.15) is 12.0 Å². The smallest absolute Gasteiger partial charge is 0.264 e. The van der Waals surface area contributed by atoms with Gasteiger partial charge in [0.1, 0.15) is 5.00 Å². The van der Waals surface area contributed by atoms with E-state index >= 15 is 0 Å². The second-order valence-electron chi connectivity index (χ2n) is 2.80. The molecule has 1 nitrogen and oxygen atoms in total. The summed E-state index contributed by atoms with van der Waals surface area (Å²) in [5.74, 6) is 0. The lowest BCUT2D eigenvalue weighted by Gasteiger charge is -2.01. The molecule has 0 aliphatic heterocycles. The van der Waals surface area contributed by atoms with Crippen molar-refractivity contribution in [2.45, 2.75) is 6.43 Å². The molecule has 0 unspecified atom stereocenters. The van der Waals surface area contributed by atoms with E-state index in [1.807, 2.05) is 0 Å². The molecule has 0 aliphatic carbocycles. The van der Waals surface area contributed by atoms with E-state index in [9.17, 15) is 8.78 Å². The third-order valence-corrected chi connectivity index (χ3v) is 4.02. The van der Waals surface area contributed by atoms with Crippen LogP contribution < -0.4 is 5.73 Å². The molecule has 0 spiro atoms. The molecule has 0 saturated carbocycles. The van der Waals surface area contributed by atoms with Crippen LogP contribution in [0.2, 0.25) is 0 Å². The molecule has 0 radical (unpaired) electrons. The first-order valence-corrected chi connectivity index (χ1v) is 5.46. The number of thiophene rings is 1. The topological polar surface area (TPSA) is 26.0 Å². The highest BCUT2D eigenvalue weighted by Crippen LogP contribution is 2.41. The number of alkyl halides is 2. The van der Waals surface area contributed by atoms with E-state index in [1.54, 1.807) is 12.1 Å². The molecule has 5 heteroatoms. The van der Waals surface area contributed by atoms with Crippen molar-refractivity contribution in [2.75, 3.05) is 5.73 Å². The van der Waals surface area contributed by atoms with Gasteiger partial charge in [0.25, 0.3) is 6.43 Å². The third kappa shape index (κ3) is 1.40. The molecule has 14 heavy (non-hydrogen) atoms. The highest BCUT2D eigenvalue weighted by atomic mass is 79.9. The summed E-state index contributed by atoms with van der Waals surface area (Å²) >= 11 is 4.53. The second kappa shape index (κ2) is 3.47. The van der Waals surface area contributed by atoms with Crippen LogP contribution in [0.3, 0.4) is 0 Å². The number of anilines is 1. The van der Waals surface area contributed by atoms with Crippen molar-refractivity contribution < 1.29 is 8.78 Å². The Bertz CT molecular complexity index is 481. The normalized spacial score (nSPS) is 11.4. The zero-order valence-electron chi connectivity index (χ0n) is 6.93. The number of nitrogen functional groups attached to an aromatic ring is 1. The maximum atomic E-state index is 12.6. The molecule has 1 aromatic heterocycles. The first-order chi connectivity index (χ1) is 6.61. The van der Waals surface area contributed by atoms with E-state index in [-0.39, 0.29) is 5.56 Å². The van der Waals surface area contributed by atoms with Crippen LogP contribution in [-0.4, -0.2) is 0 Å². The summed E-state index contributed by atoms with van der Waals surface area (Å²) in [6.45, 7) is 0.